The smallest absolute Gasteiger partial charge is 0.462 e. The van der Waals surface area contributed by atoms with E-state index in [4.69, 9.17) is 37.0 Å². The van der Waals surface area contributed by atoms with Gasteiger partial charge in [0.25, 0.3) is 0 Å². The predicted octanol–water partition coefficient (Wildman–Crippen LogP) is 24.9. The maximum Gasteiger partial charge on any atom is 0.472 e. The van der Waals surface area contributed by atoms with Gasteiger partial charge in [0.05, 0.1) is 26.4 Å². The second-order valence-electron chi connectivity index (χ2n) is 31.1. The third-order valence-electron chi connectivity index (χ3n) is 19.7. The zero-order valence-electron chi connectivity index (χ0n) is 67.1. The summed E-state index contributed by atoms with van der Waals surface area (Å²) >= 11 is 0. The molecular formula is C83H162O17P2. The second-order valence-corrected chi connectivity index (χ2v) is 34.0. The predicted molar refractivity (Wildman–Crippen MR) is 418 cm³/mol. The first kappa shape index (κ1) is 100. The van der Waals surface area contributed by atoms with Crippen LogP contribution in [-0.4, -0.2) is 96.7 Å². The number of hydrogen-bond acceptors (Lipinski definition) is 15. The molecular weight excluding hydrogens is 1330 g/mol. The van der Waals surface area contributed by atoms with Gasteiger partial charge in [0.15, 0.2) is 12.2 Å². The number of rotatable bonds is 81. The van der Waals surface area contributed by atoms with Crippen LogP contribution in [0.1, 0.15) is 434 Å². The maximum atomic E-state index is 13.1. The van der Waals surface area contributed by atoms with Gasteiger partial charge in [-0.3, -0.25) is 37.3 Å². The molecule has 0 heterocycles. The van der Waals surface area contributed by atoms with Gasteiger partial charge >= 0.3 is 39.5 Å². The van der Waals surface area contributed by atoms with E-state index < -0.39 is 97.5 Å². The number of phosphoric acid groups is 2. The zero-order chi connectivity index (χ0) is 75.1. The van der Waals surface area contributed by atoms with Crippen LogP contribution < -0.4 is 0 Å². The molecule has 0 aromatic heterocycles. The van der Waals surface area contributed by atoms with Crippen molar-refractivity contribution in [2.45, 2.75) is 452 Å². The zero-order valence-corrected chi connectivity index (χ0v) is 68.9. The van der Waals surface area contributed by atoms with Crippen molar-refractivity contribution < 1.29 is 80.2 Å². The minimum absolute atomic E-state index is 0.107. The van der Waals surface area contributed by atoms with Crippen LogP contribution in [0.15, 0.2) is 0 Å². The van der Waals surface area contributed by atoms with Gasteiger partial charge in [-0.15, -0.1) is 0 Å². The molecule has 0 aliphatic carbocycles. The number of carbonyl (C=O) groups is 4. The summed E-state index contributed by atoms with van der Waals surface area (Å²) in [5.41, 5.74) is 0. The molecule has 0 aliphatic heterocycles. The lowest BCUT2D eigenvalue weighted by molar-refractivity contribution is -0.161. The summed E-state index contributed by atoms with van der Waals surface area (Å²) in [6.07, 6.45) is 62.3. The Morgan fingerprint density at radius 2 is 0.500 bits per heavy atom. The molecule has 6 atom stereocenters. The largest absolute Gasteiger partial charge is 0.472 e. The number of phosphoric ester groups is 2. The monoisotopic (exact) mass is 1490 g/mol. The summed E-state index contributed by atoms with van der Waals surface area (Å²) in [5.74, 6) is 0.273. The molecule has 3 N–H and O–H groups in total. The van der Waals surface area contributed by atoms with Gasteiger partial charge in [0.2, 0.25) is 0 Å². The van der Waals surface area contributed by atoms with Crippen molar-refractivity contribution in [1.29, 1.82) is 0 Å². The highest BCUT2D eigenvalue weighted by Gasteiger charge is 2.30. The first-order valence-corrected chi connectivity index (χ1v) is 45.9. The molecule has 0 rings (SSSR count). The fraction of sp³-hybridized carbons (Fsp3) is 0.952. The number of hydrogen-bond donors (Lipinski definition) is 3. The molecule has 0 spiro atoms. The third kappa shape index (κ3) is 74.9. The summed E-state index contributed by atoms with van der Waals surface area (Å²) in [7, 11) is -9.92. The summed E-state index contributed by atoms with van der Waals surface area (Å²) in [6, 6.07) is 0. The van der Waals surface area contributed by atoms with E-state index in [2.05, 4.69) is 48.5 Å². The minimum Gasteiger partial charge on any atom is -0.462 e. The van der Waals surface area contributed by atoms with E-state index in [0.29, 0.717) is 25.7 Å². The van der Waals surface area contributed by atoms with Gasteiger partial charge < -0.3 is 33.8 Å². The normalized spacial score (nSPS) is 14.2. The Morgan fingerprint density at radius 3 is 0.745 bits per heavy atom. The average Bonchev–Trinajstić information content (AvgIpc) is 0.907. The summed E-state index contributed by atoms with van der Waals surface area (Å²) in [6.45, 7) is 12.0. The molecule has 0 bridgehead atoms. The molecule has 0 saturated carbocycles. The number of aliphatic hydroxyl groups excluding tert-OH is 1. The van der Waals surface area contributed by atoms with Gasteiger partial charge in [-0.2, -0.15) is 0 Å². The Bertz CT molecular complexity index is 1980. The highest BCUT2D eigenvalue weighted by Crippen LogP contribution is 2.45. The van der Waals surface area contributed by atoms with Gasteiger partial charge in [-0.25, -0.2) is 9.13 Å². The van der Waals surface area contributed by atoms with Gasteiger partial charge in [0, 0.05) is 25.7 Å². The van der Waals surface area contributed by atoms with Crippen molar-refractivity contribution in [3.63, 3.8) is 0 Å². The minimum atomic E-state index is -4.96. The standard InChI is InChI=1S/C83H162O17P2/c1-8-10-11-12-13-14-15-16-24-31-36-45-52-59-66-82(87)100-79(71-94-81(86)65-58-51-44-39-38-42-49-56-63-76(7)9-2)73-98-102(91,92)96-69-77(84)68-95-101(89,90)97-72-78(70-93-80(85)64-57-50-43-35-30-27-26-29-34-41-48-55-62-75(5)6)99-83(88)67-60-53-46-37-32-25-22-20-18-17-19-21-23-28-33-40-47-54-61-74(3)4/h74-79,84H,8-73H2,1-7H3,(H,89,90)(H,91,92)/t76?,77-,78-,79-/m1/s1. The average molecular weight is 1490 g/mol. The Kier molecular flexibility index (Phi) is 71.8. The SMILES string of the molecule is CCCCCCCCCCCCCCCCC(=O)O[C@H](COC(=O)CCCCCCCCCCC(C)CC)COP(=O)(O)OC[C@H](O)COP(=O)(O)OC[C@@H](COC(=O)CCCCCCCCCCCCCCC(C)C)OC(=O)CCCCCCCCCCCCCCCCCCCCC(C)C. The summed E-state index contributed by atoms with van der Waals surface area (Å²) in [4.78, 5) is 73.1. The lowest BCUT2D eigenvalue weighted by atomic mass is 9.99. The molecule has 0 aromatic carbocycles. The topological polar surface area (TPSA) is 237 Å². The molecule has 0 aliphatic rings. The molecule has 0 amide bonds. The Balaban J connectivity index is 5.25. The lowest BCUT2D eigenvalue weighted by Crippen LogP contribution is -2.30. The van der Waals surface area contributed by atoms with Crippen LogP contribution in [-0.2, 0) is 65.4 Å². The summed E-state index contributed by atoms with van der Waals surface area (Å²) in [5, 5.41) is 10.7. The van der Waals surface area contributed by atoms with E-state index in [-0.39, 0.29) is 25.7 Å². The van der Waals surface area contributed by atoms with Crippen molar-refractivity contribution >= 4 is 39.5 Å². The van der Waals surface area contributed by atoms with E-state index in [1.54, 1.807) is 0 Å². The van der Waals surface area contributed by atoms with Crippen LogP contribution in [0, 0.1) is 17.8 Å². The van der Waals surface area contributed by atoms with Gasteiger partial charge in [-0.1, -0.05) is 382 Å². The van der Waals surface area contributed by atoms with E-state index in [1.165, 1.54) is 244 Å². The lowest BCUT2D eigenvalue weighted by Gasteiger charge is -2.21. The fourth-order valence-corrected chi connectivity index (χ4v) is 14.4. The van der Waals surface area contributed by atoms with Crippen molar-refractivity contribution in [2.24, 2.45) is 17.8 Å². The van der Waals surface area contributed by atoms with Crippen LogP contribution in [0.5, 0.6) is 0 Å². The number of carbonyl (C=O) groups excluding carboxylic acids is 4. The maximum absolute atomic E-state index is 13.1. The van der Waals surface area contributed by atoms with Gasteiger partial charge in [-0.05, 0) is 43.4 Å². The first-order valence-electron chi connectivity index (χ1n) is 42.9. The van der Waals surface area contributed by atoms with E-state index in [9.17, 15) is 43.2 Å². The molecule has 102 heavy (non-hydrogen) atoms. The first-order chi connectivity index (χ1) is 49.3. The molecule has 0 fully saturated rings. The van der Waals surface area contributed by atoms with Crippen LogP contribution in [0.3, 0.4) is 0 Å². The molecule has 3 unspecified atom stereocenters. The van der Waals surface area contributed by atoms with Crippen molar-refractivity contribution in [2.75, 3.05) is 39.6 Å². The van der Waals surface area contributed by atoms with Crippen LogP contribution in [0.2, 0.25) is 0 Å². The van der Waals surface area contributed by atoms with Crippen LogP contribution in [0.25, 0.3) is 0 Å². The van der Waals surface area contributed by atoms with E-state index in [0.717, 1.165) is 108 Å². The van der Waals surface area contributed by atoms with Crippen molar-refractivity contribution in [3.8, 4) is 0 Å². The number of unbranched alkanes of at least 4 members (excludes halogenated alkanes) is 48. The van der Waals surface area contributed by atoms with Crippen molar-refractivity contribution in [3.05, 3.63) is 0 Å². The van der Waals surface area contributed by atoms with E-state index >= 15 is 0 Å². The molecule has 0 saturated heterocycles. The van der Waals surface area contributed by atoms with E-state index in [1.807, 2.05) is 0 Å². The highest BCUT2D eigenvalue weighted by molar-refractivity contribution is 7.47. The molecule has 606 valence electrons. The third-order valence-corrected chi connectivity index (χ3v) is 21.6. The van der Waals surface area contributed by atoms with Crippen LogP contribution >= 0.6 is 15.6 Å². The summed E-state index contributed by atoms with van der Waals surface area (Å²) < 4.78 is 68.8. The highest BCUT2D eigenvalue weighted by atomic mass is 31.2. The molecule has 0 radical (unpaired) electrons. The quantitative estimate of drug-likeness (QED) is 0.0222. The fourth-order valence-electron chi connectivity index (χ4n) is 12.8. The van der Waals surface area contributed by atoms with Gasteiger partial charge in [0.1, 0.15) is 19.3 Å². The van der Waals surface area contributed by atoms with Crippen LogP contribution in [0.4, 0.5) is 0 Å². The molecule has 19 heteroatoms. The Hall–Kier alpha value is -1.94. The Labute approximate surface area is 626 Å². The number of esters is 4. The Morgan fingerprint density at radius 1 is 0.284 bits per heavy atom. The molecule has 17 nitrogen and oxygen atoms in total. The second kappa shape index (κ2) is 73.2. The van der Waals surface area contributed by atoms with Crippen molar-refractivity contribution in [1.82, 2.24) is 0 Å². The number of aliphatic hydroxyl groups is 1. The number of ether oxygens (including phenoxy) is 4. The molecule has 0 aromatic rings.